The maximum atomic E-state index is 12.1. The number of piperazine rings is 1. The van der Waals surface area contributed by atoms with Crippen molar-refractivity contribution in [3.05, 3.63) is 35.9 Å². The van der Waals surface area contributed by atoms with E-state index in [0.29, 0.717) is 13.1 Å². The van der Waals surface area contributed by atoms with Crippen LogP contribution in [0.4, 0.5) is 0 Å². The lowest BCUT2D eigenvalue weighted by molar-refractivity contribution is -0.134. The first-order chi connectivity index (χ1) is 8.66. The molecule has 1 atom stereocenters. The lowest BCUT2D eigenvalue weighted by atomic mass is 10.1. The highest BCUT2D eigenvalue weighted by atomic mass is 16.2. The van der Waals surface area contributed by atoms with Gasteiger partial charge >= 0.3 is 0 Å². The number of nitrogens with one attached hydrogen (secondary N) is 2. The zero-order valence-electron chi connectivity index (χ0n) is 10.3. The summed E-state index contributed by atoms with van der Waals surface area (Å²) in [6, 6.07) is 9.50. The third-order valence-corrected chi connectivity index (χ3v) is 2.95. The van der Waals surface area contributed by atoms with Gasteiger partial charge in [-0.05, 0) is 5.56 Å². The molecule has 96 valence electrons. The molecule has 1 saturated heterocycles. The summed E-state index contributed by atoms with van der Waals surface area (Å²) in [5.41, 5.74) is 1.09. The fourth-order valence-corrected chi connectivity index (χ4v) is 1.94. The second-order valence-corrected chi connectivity index (χ2v) is 4.42. The third kappa shape index (κ3) is 3.07. The van der Waals surface area contributed by atoms with Crippen molar-refractivity contribution in [2.24, 2.45) is 0 Å². The van der Waals surface area contributed by atoms with Crippen molar-refractivity contribution in [2.75, 3.05) is 20.1 Å². The van der Waals surface area contributed by atoms with Gasteiger partial charge in [0.05, 0.1) is 6.54 Å². The number of hydrogen-bond donors (Lipinski definition) is 2. The normalized spacial score (nSPS) is 19.2. The molecule has 0 aromatic heterocycles. The number of hydrogen-bond acceptors (Lipinski definition) is 3. The molecule has 1 heterocycles. The third-order valence-electron chi connectivity index (χ3n) is 2.95. The van der Waals surface area contributed by atoms with Crippen molar-refractivity contribution in [1.29, 1.82) is 0 Å². The van der Waals surface area contributed by atoms with E-state index < -0.39 is 0 Å². The number of carbonyl (C=O) groups is 2. The van der Waals surface area contributed by atoms with Crippen LogP contribution in [0.15, 0.2) is 30.3 Å². The molecule has 1 fully saturated rings. The first-order valence-corrected chi connectivity index (χ1v) is 5.96. The molecule has 1 aromatic carbocycles. The van der Waals surface area contributed by atoms with Crippen LogP contribution in [0.1, 0.15) is 5.56 Å². The van der Waals surface area contributed by atoms with Crippen LogP contribution < -0.4 is 10.6 Å². The van der Waals surface area contributed by atoms with E-state index in [4.69, 9.17) is 0 Å². The van der Waals surface area contributed by atoms with Gasteiger partial charge in [0.2, 0.25) is 11.8 Å². The first kappa shape index (κ1) is 12.6. The number of amides is 2. The summed E-state index contributed by atoms with van der Waals surface area (Å²) in [7, 11) is 1.77. The molecule has 1 aliphatic heterocycles. The summed E-state index contributed by atoms with van der Waals surface area (Å²) in [5.74, 6) is -0.0661. The fraction of sp³-hybridized carbons (Fsp3) is 0.385. The lowest BCUT2D eigenvalue weighted by Gasteiger charge is -2.27. The highest BCUT2D eigenvalue weighted by Crippen LogP contribution is 2.04. The summed E-state index contributed by atoms with van der Waals surface area (Å²) >= 11 is 0. The van der Waals surface area contributed by atoms with Gasteiger partial charge < -0.3 is 10.2 Å². The van der Waals surface area contributed by atoms with E-state index in [1.54, 1.807) is 11.9 Å². The molecule has 0 spiro atoms. The van der Waals surface area contributed by atoms with E-state index in [9.17, 15) is 9.59 Å². The molecule has 18 heavy (non-hydrogen) atoms. The Balaban J connectivity index is 1.91. The summed E-state index contributed by atoms with van der Waals surface area (Å²) in [6.07, 6.45) is 0. The predicted molar refractivity (Wildman–Crippen MR) is 67.7 cm³/mol. The molecular formula is C13H17N3O2. The van der Waals surface area contributed by atoms with Gasteiger partial charge in [-0.2, -0.15) is 0 Å². The van der Waals surface area contributed by atoms with E-state index in [1.165, 1.54) is 0 Å². The van der Waals surface area contributed by atoms with E-state index in [-0.39, 0.29) is 24.4 Å². The molecule has 1 unspecified atom stereocenters. The van der Waals surface area contributed by atoms with Crippen molar-refractivity contribution < 1.29 is 9.59 Å². The Morgan fingerprint density at radius 2 is 2.11 bits per heavy atom. The van der Waals surface area contributed by atoms with Gasteiger partial charge in [0.25, 0.3) is 0 Å². The van der Waals surface area contributed by atoms with Gasteiger partial charge in [-0.15, -0.1) is 0 Å². The molecule has 1 aliphatic rings. The maximum absolute atomic E-state index is 12.1. The van der Waals surface area contributed by atoms with E-state index in [1.807, 2.05) is 30.3 Å². The van der Waals surface area contributed by atoms with Gasteiger partial charge in [-0.25, -0.2) is 0 Å². The molecule has 2 N–H and O–H groups in total. The van der Waals surface area contributed by atoms with Crippen LogP contribution in [0, 0.1) is 0 Å². The second kappa shape index (κ2) is 5.64. The zero-order chi connectivity index (χ0) is 13.0. The van der Waals surface area contributed by atoms with Crippen LogP contribution in [0.3, 0.4) is 0 Å². The maximum Gasteiger partial charge on any atom is 0.241 e. The Morgan fingerprint density at radius 3 is 2.72 bits per heavy atom. The Hall–Kier alpha value is -1.88. The van der Waals surface area contributed by atoms with E-state index in [0.717, 1.165) is 5.56 Å². The summed E-state index contributed by atoms with van der Waals surface area (Å²) in [4.78, 5) is 24.8. The monoisotopic (exact) mass is 247 g/mol. The molecule has 0 radical (unpaired) electrons. The van der Waals surface area contributed by atoms with E-state index >= 15 is 0 Å². The van der Waals surface area contributed by atoms with Crippen molar-refractivity contribution in [3.8, 4) is 0 Å². The average molecular weight is 247 g/mol. The standard InChI is InChI=1S/C13H17N3O2/c1-16(9-10-5-3-2-4-6-10)13(18)11-7-15-12(17)8-14-11/h2-6,11,14H,7-9H2,1H3,(H,15,17). The van der Waals surface area contributed by atoms with Crippen LogP contribution in [0.25, 0.3) is 0 Å². The summed E-state index contributed by atoms with van der Waals surface area (Å²) in [5, 5.41) is 5.61. The quantitative estimate of drug-likeness (QED) is 0.773. The zero-order valence-corrected chi connectivity index (χ0v) is 10.3. The smallest absolute Gasteiger partial charge is 0.241 e. The Kier molecular flexibility index (Phi) is 3.94. The minimum atomic E-state index is -0.323. The van der Waals surface area contributed by atoms with Crippen molar-refractivity contribution in [1.82, 2.24) is 15.5 Å². The lowest BCUT2D eigenvalue weighted by Crippen LogP contribution is -2.58. The number of nitrogens with zero attached hydrogens (tertiary/aromatic N) is 1. The number of carbonyl (C=O) groups excluding carboxylic acids is 2. The topological polar surface area (TPSA) is 61.4 Å². The van der Waals surface area contributed by atoms with Gasteiger partial charge in [-0.1, -0.05) is 30.3 Å². The van der Waals surface area contributed by atoms with Crippen molar-refractivity contribution in [2.45, 2.75) is 12.6 Å². The molecule has 2 rings (SSSR count). The highest BCUT2D eigenvalue weighted by Gasteiger charge is 2.26. The predicted octanol–water partition coefficient (Wildman–Crippen LogP) is -0.267. The van der Waals surface area contributed by atoms with Crippen molar-refractivity contribution >= 4 is 11.8 Å². The molecule has 0 saturated carbocycles. The van der Waals surface area contributed by atoms with Gasteiger partial charge in [0.15, 0.2) is 0 Å². The number of rotatable bonds is 3. The Labute approximate surface area is 106 Å². The van der Waals surface area contributed by atoms with Crippen LogP contribution >= 0.6 is 0 Å². The first-order valence-electron chi connectivity index (χ1n) is 5.96. The van der Waals surface area contributed by atoms with Crippen LogP contribution in [0.2, 0.25) is 0 Å². The SMILES string of the molecule is CN(Cc1ccccc1)C(=O)C1CNC(=O)CN1. The molecule has 2 amide bonds. The number of likely N-dealkylation sites (N-methyl/N-ethyl adjacent to an activating group) is 1. The van der Waals surface area contributed by atoms with Crippen LogP contribution in [-0.2, 0) is 16.1 Å². The van der Waals surface area contributed by atoms with Gasteiger partial charge in [-0.3, -0.25) is 14.9 Å². The van der Waals surface area contributed by atoms with Gasteiger partial charge in [0, 0.05) is 20.1 Å². The molecule has 0 bridgehead atoms. The Bertz CT molecular complexity index is 423. The van der Waals surface area contributed by atoms with Crippen molar-refractivity contribution in [3.63, 3.8) is 0 Å². The highest BCUT2D eigenvalue weighted by molar-refractivity contribution is 5.86. The summed E-state index contributed by atoms with van der Waals surface area (Å²) < 4.78 is 0. The molecule has 5 nitrogen and oxygen atoms in total. The summed E-state index contributed by atoms with van der Waals surface area (Å²) in [6.45, 7) is 1.14. The molecule has 0 aliphatic carbocycles. The molecule has 1 aromatic rings. The Morgan fingerprint density at radius 1 is 1.39 bits per heavy atom. The molecule has 5 heteroatoms. The minimum absolute atomic E-state index is 0.00106. The van der Waals surface area contributed by atoms with Gasteiger partial charge in [0.1, 0.15) is 6.04 Å². The van der Waals surface area contributed by atoms with Crippen LogP contribution in [-0.4, -0.2) is 42.9 Å². The second-order valence-electron chi connectivity index (χ2n) is 4.42. The van der Waals surface area contributed by atoms with Crippen LogP contribution in [0.5, 0.6) is 0 Å². The minimum Gasteiger partial charge on any atom is -0.353 e. The fourth-order valence-electron chi connectivity index (χ4n) is 1.94. The largest absolute Gasteiger partial charge is 0.353 e. The number of benzene rings is 1. The molecular weight excluding hydrogens is 230 g/mol. The van der Waals surface area contributed by atoms with E-state index in [2.05, 4.69) is 10.6 Å². The average Bonchev–Trinajstić information content (AvgIpc) is 2.40.